The van der Waals surface area contributed by atoms with Crippen LogP contribution in [0.3, 0.4) is 0 Å². The average molecular weight is 434 g/mol. The number of hydrogen-bond acceptors (Lipinski definition) is 6. The molecular formula is C15H15ClF3N7OS. The molecule has 150 valence electrons. The van der Waals surface area contributed by atoms with Gasteiger partial charge in [0, 0.05) is 31.6 Å². The van der Waals surface area contributed by atoms with Crippen molar-refractivity contribution in [2.75, 3.05) is 29.9 Å². The van der Waals surface area contributed by atoms with Crippen LogP contribution >= 0.6 is 23.4 Å². The molecule has 0 unspecified atom stereocenters. The molecule has 3 rings (SSSR count). The number of nitrogens with zero attached hydrogens (tertiary/aromatic N) is 6. The average Bonchev–Trinajstić information content (AvgIpc) is 3.05. The lowest BCUT2D eigenvalue weighted by Gasteiger charge is -2.24. The number of carbonyl (C=O) groups is 1. The lowest BCUT2D eigenvalue weighted by Crippen LogP contribution is -2.31. The largest absolute Gasteiger partial charge is 0.418 e. The lowest BCUT2D eigenvalue weighted by atomic mass is 10.1. The maximum absolute atomic E-state index is 13.4. The van der Waals surface area contributed by atoms with Crippen molar-refractivity contribution in [2.24, 2.45) is 12.0 Å². The topological polar surface area (TPSA) is 88.3 Å². The number of alkyl halides is 3. The molecule has 1 amide bonds. The predicted octanol–water partition coefficient (Wildman–Crippen LogP) is 2.84. The fourth-order valence-electron chi connectivity index (χ4n) is 2.43. The zero-order valence-corrected chi connectivity index (χ0v) is 16.1. The van der Waals surface area contributed by atoms with E-state index >= 15 is 0 Å². The second kappa shape index (κ2) is 8.35. The van der Waals surface area contributed by atoms with Crippen LogP contribution in [-0.4, -0.2) is 61.9 Å². The maximum Gasteiger partial charge on any atom is 0.418 e. The number of anilines is 1. The molecule has 2 heterocycles. The Morgan fingerprint density at radius 1 is 1.36 bits per heavy atom. The number of aromatic nitrogens is 4. The van der Waals surface area contributed by atoms with Crippen LogP contribution in [0.15, 0.2) is 17.1 Å². The van der Waals surface area contributed by atoms with Crippen molar-refractivity contribution in [3.63, 3.8) is 0 Å². The van der Waals surface area contributed by atoms with Crippen LogP contribution in [-0.2, 0) is 13.2 Å². The highest BCUT2D eigenvalue weighted by Gasteiger charge is 2.35. The number of nitrogens with one attached hydrogen (secondary N) is 1. The Morgan fingerprint density at radius 2 is 2.07 bits per heavy atom. The number of carbonyl (C=O) groups excluding carboxylic acids is 1. The minimum absolute atomic E-state index is 0.0248. The number of aliphatic imine (C=N–C) groups is 1. The first kappa shape index (κ1) is 20.4. The van der Waals surface area contributed by atoms with E-state index in [0.717, 1.165) is 23.6 Å². The summed E-state index contributed by atoms with van der Waals surface area (Å²) in [6.07, 6.45) is -3.33. The third-order valence-corrected chi connectivity index (χ3v) is 5.23. The van der Waals surface area contributed by atoms with Gasteiger partial charge >= 0.3 is 6.18 Å². The van der Waals surface area contributed by atoms with Gasteiger partial charge in [-0.2, -0.15) is 24.9 Å². The summed E-state index contributed by atoms with van der Waals surface area (Å²) in [5, 5.41) is 12.5. The molecule has 0 bridgehead atoms. The molecule has 8 nitrogen and oxygen atoms in total. The van der Waals surface area contributed by atoms with Crippen LogP contribution in [0.5, 0.6) is 0 Å². The normalized spacial score (nSPS) is 15.2. The first-order valence-electron chi connectivity index (χ1n) is 8.06. The summed E-state index contributed by atoms with van der Waals surface area (Å²) < 4.78 is 41.4. The number of hydrogen-bond donors (Lipinski definition) is 1. The molecule has 0 saturated carbocycles. The van der Waals surface area contributed by atoms with Crippen LogP contribution in [0.1, 0.15) is 15.9 Å². The quantitative estimate of drug-likeness (QED) is 0.589. The summed E-state index contributed by atoms with van der Waals surface area (Å²) >= 11 is 7.92. The first-order valence-corrected chi connectivity index (χ1v) is 9.60. The van der Waals surface area contributed by atoms with Gasteiger partial charge in [-0.1, -0.05) is 16.7 Å². The summed E-state index contributed by atoms with van der Waals surface area (Å²) in [4.78, 5) is 18.2. The Hall–Kier alpha value is -2.34. The second-order valence-corrected chi connectivity index (χ2v) is 7.40. The molecule has 1 saturated heterocycles. The Kier molecular flexibility index (Phi) is 6.08. The fraction of sp³-hybridized carbons (Fsp3) is 0.400. The van der Waals surface area contributed by atoms with Crippen molar-refractivity contribution in [1.29, 1.82) is 0 Å². The maximum atomic E-state index is 13.4. The summed E-state index contributed by atoms with van der Waals surface area (Å²) in [5.41, 5.74) is -1.69. The molecule has 1 aromatic carbocycles. The Bertz CT molecular complexity index is 896. The summed E-state index contributed by atoms with van der Waals surface area (Å²) in [5.74, 6) is 0.999. The Morgan fingerprint density at radius 3 is 2.68 bits per heavy atom. The summed E-state index contributed by atoms with van der Waals surface area (Å²) in [7, 11) is 1.50. The fourth-order valence-corrected chi connectivity index (χ4v) is 3.66. The predicted molar refractivity (Wildman–Crippen MR) is 100 cm³/mol. The van der Waals surface area contributed by atoms with E-state index in [9.17, 15) is 18.0 Å². The zero-order valence-electron chi connectivity index (χ0n) is 14.6. The van der Waals surface area contributed by atoms with Gasteiger partial charge in [0.15, 0.2) is 0 Å². The first-order chi connectivity index (χ1) is 13.3. The van der Waals surface area contributed by atoms with Gasteiger partial charge in [-0.05, 0) is 22.6 Å². The summed E-state index contributed by atoms with van der Waals surface area (Å²) in [6, 6.07) is 1.79. The van der Waals surface area contributed by atoms with E-state index < -0.39 is 28.4 Å². The SMILES string of the molecule is Cn1nnnc1NC(=O)c1ccc(C(F)(F)F)c(/N=C/N2CCSCC2)c1Cl. The number of tetrazole rings is 1. The van der Waals surface area contributed by atoms with E-state index in [-0.39, 0.29) is 11.5 Å². The third-order valence-electron chi connectivity index (χ3n) is 3.91. The van der Waals surface area contributed by atoms with Crippen LogP contribution in [0, 0.1) is 0 Å². The molecule has 0 aliphatic carbocycles. The Balaban J connectivity index is 1.95. The lowest BCUT2D eigenvalue weighted by molar-refractivity contribution is -0.137. The highest BCUT2D eigenvalue weighted by Crippen LogP contribution is 2.42. The van der Waals surface area contributed by atoms with Gasteiger partial charge in [-0.3, -0.25) is 10.1 Å². The minimum Gasteiger partial charge on any atom is -0.361 e. The highest BCUT2D eigenvalue weighted by molar-refractivity contribution is 7.99. The van der Waals surface area contributed by atoms with E-state index in [0.29, 0.717) is 13.1 Å². The molecule has 0 radical (unpaired) electrons. The van der Waals surface area contributed by atoms with Crippen LogP contribution in [0.25, 0.3) is 0 Å². The van der Waals surface area contributed by atoms with E-state index in [1.54, 1.807) is 11.8 Å². The van der Waals surface area contributed by atoms with E-state index in [2.05, 4.69) is 25.8 Å². The number of benzene rings is 1. The standard InChI is InChI=1S/C15H15ClF3N7OS/c1-25-14(22-23-24-25)21-13(27)9-2-3-10(15(17,18)19)12(11(9)16)20-8-26-4-6-28-7-5-26/h2-3,8H,4-7H2,1H3,(H,21,22,24,27)/b20-8+. The van der Waals surface area contributed by atoms with Gasteiger partial charge in [0.2, 0.25) is 5.95 Å². The molecule has 1 aromatic heterocycles. The van der Waals surface area contributed by atoms with Crippen molar-refractivity contribution in [3.05, 3.63) is 28.3 Å². The van der Waals surface area contributed by atoms with Crippen molar-refractivity contribution in [3.8, 4) is 0 Å². The van der Waals surface area contributed by atoms with Gasteiger partial charge in [0.1, 0.15) is 0 Å². The Labute approximate surface area is 167 Å². The van der Waals surface area contributed by atoms with Crippen LogP contribution < -0.4 is 5.32 Å². The molecular weight excluding hydrogens is 419 g/mol. The third kappa shape index (κ3) is 4.55. The molecule has 1 N–H and O–H groups in total. The summed E-state index contributed by atoms with van der Waals surface area (Å²) in [6.45, 7) is 1.35. The number of halogens is 4. The van der Waals surface area contributed by atoms with Crippen LogP contribution in [0.4, 0.5) is 24.8 Å². The number of aryl methyl sites for hydroxylation is 1. The van der Waals surface area contributed by atoms with Crippen molar-refractivity contribution in [2.45, 2.75) is 6.18 Å². The molecule has 1 aliphatic heterocycles. The number of thioether (sulfide) groups is 1. The number of amides is 1. The molecule has 28 heavy (non-hydrogen) atoms. The van der Waals surface area contributed by atoms with Gasteiger partial charge < -0.3 is 4.90 Å². The molecule has 2 aromatic rings. The van der Waals surface area contributed by atoms with Crippen molar-refractivity contribution in [1.82, 2.24) is 25.1 Å². The molecule has 1 aliphatic rings. The van der Waals surface area contributed by atoms with E-state index in [1.165, 1.54) is 18.1 Å². The van der Waals surface area contributed by atoms with Crippen molar-refractivity contribution >= 4 is 47.2 Å². The highest BCUT2D eigenvalue weighted by atomic mass is 35.5. The molecule has 0 atom stereocenters. The minimum atomic E-state index is -4.67. The molecule has 1 fully saturated rings. The van der Waals surface area contributed by atoms with Crippen molar-refractivity contribution < 1.29 is 18.0 Å². The zero-order chi connectivity index (χ0) is 20.3. The van der Waals surface area contributed by atoms with Crippen LogP contribution in [0.2, 0.25) is 5.02 Å². The van der Waals surface area contributed by atoms with Gasteiger partial charge in [0.05, 0.1) is 28.2 Å². The monoisotopic (exact) mass is 433 g/mol. The number of rotatable bonds is 4. The van der Waals surface area contributed by atoms with E-state index in [1.807, 2.05) is 4.90 Å². The van der Waals surface area contributed by atoms with E-state index in [4.69, 9.17) is 11.6 Å². The molecule has 0 spiro atoms. The van der Waals surface area contributed by atoms with Gasteiger partial charge in [-0.15, -0.1) is 0 Å². The second-order valence-electron chi connectivity index (χ2n) is 5.79. The molecule has 13 heteroatoms. The smallest absolute Gasteiger partial charge is 0.361 e. The van der Waals surface area contributed by atoms with Gasteiger partial charge in [0.25, 0.3) is 5.91 Å². The van der Waals surface area contributed by atoms with Gasteiger partial charge in [-0.25, -0.2) is 9.67 Å².